The maximum absolute atomic E-state index is 5.58. The van der Waals surface area contributed by atoms with E-state index in [1.165, 1.54) is 10.5 Å². The summed E-state index contributed by atoms with van der Waals surface area (Å²) < 4.78 is 5.22. The van der Waals surface area contributed by atoms with E-state index in [0.29, 0.717) is 5.92 Å². The molecule has 0 fully saturated rings. The van der Waals surface area contributed by atoms with Crippen LogP contribution in [0.1, 0.15) is 12.5 Å². The normalized spacial score (nSPS) is 12.5. The first kappa shape index (κ1) is 12.4. The van der Waals surface area contributed by atoms with Gasteiger partial charge in [-0.05, 0) is 43.1 Å². The Bertz CT molecular complexity index is 314. The van der Waals surface area contributed by atoms with E-state index >= 15 is 0 Å². The van der Waals surface area contributed by atoms with Gasteiger partial charge >= 0.3 is 0 Å². The van der Waals surface area contributed by atoms with Crippen molar-refractivity contribution in [1.29, 1.82) is 0 Å². The van der Waals surface area contributed by atoms with Gasteiger partial charge in [0.1, 0.15) is 5.75 Å². The standard InChI is InChI=1S/C12H19NOS/c1-9(7-13)8-15-11-4-5-12(14-3)10(2)6-11/h4-6,9H,7-8,13H2,1-3H3. The molecular weight excluding hydrogens is 206 g/mol. The minimum Gasteiger partial charge on any atom is -0.496 e. The van der Waals surface area contributed by atoms with Gasteiger partial charge in [-0.2, -0.15) is 0 Å². The van der Waals surface area contributed by atoms with Gasteiger partial charge in [0.2, 0.25) is 0 Å². The molecule has 0 saturated carbocycles. The molecule has 0 radical (unpaired) electrons. The summed E-state index contributed by atoms with van der Waals surface area (Å²) in [6, 6.07) is 6.28. The molecule has 0 aliphatic heterocycles. The number of hydrogen-bond donors (Lipinski definition) is 1. The van der Waals surface area contributed by atoms with Crippen molar-refractivity contribution in [2.45, 2.75) is 18.7 Å². The number of benzene rings is 1. The summed E-state index contributed by atoms with van der Waals surface area (Å²) in [6.07, 6.45) is 0. The number of aryl methyl sites for hydroxylation is 1. The molecule has 2 N–H and O–H groups in total. The molecule has 0 aliphatic carbocycles. The van der Waals surface area contributed by atoms with Crippen LogP contribution in [0, 0.1) is 12.8 Å². The van der Waals surface area contributed by atoms with E-state index in [0.717, 1.165) is 18.0 Å². The Morgan fingerprint density at radius 3 is 2.73 bits per heavy atom. The van der Waals surface area contributed by atoms with E-state index in [9.17, 15) is 0 Å². The predicted octanol–water partition coefficient (Wildman–Crippen LogP) is 2.69. The molecule has 1 aromatic carbocycles. The van der Waals surface area contributed by atoms with Gasteiger partial charge < -0.3 is 10.5 Å². The number of hydrogen-bond acceptors (Lipinski definition) is 3. The van der Waals surface area contributed by atoms with Crippen molar-refractivity contribution in [1.82, 2.24) is 0 Å². The van der Waals surface area contributed by atoms with Crippen LogP contribution in [0.2, 0.25) is 0 Å². The molecule has 0 aromatic heterocycles. The van der Waals surface area contributed by atoms with Crippen molar-refractivity contribution in [2.75, 3.05) is 19.4 Å². The Morgan fingerprint density at radius 1 is 1.47 bits per heavy atom. The third-order valence-corrected chi connectivity index (χ3v) is 3.63. The lowest BCUT2D eigenvalue weighted by Crippen LogP contribution is -2.12. The minimum atomic E-state index is 0.567. The lowest BCUT2D eigenvalue weighted by molar-refractivity contribution is 0.411. The van der Waals surface area contributed by atoms with Gasteiger partial charge in [-0.25, -0.2) is 0 Å². The highest BCUT2D eigenvalue weighted by molar-refractivity contribution is 7.99. The van der Waals surface area contributed by atoms with Gasteiger partial charge in [0.05, 0.1) is 7.11 Å². The highest BCUT2D eigenvalue weighted by atomic mass is 32.2. The summed E-state index contributed by atoms with van der Waals surface area (Å²) >= 11 is 1.85. The first-order valence-corrected chi connectivity index (χ1v) is 6.13. The lowest BCUT2D eigenvalue weighted by Gasteiger charge is -2.09. The first-order valence-electron chi connectivity index (χ1n) is 5.15. The monoisotopic (exact) mass is 225 g/mol. The van der Waals surface area contributed by atoms with Crippen molar-refractivity contribution in [3.8, 4) is 5.75 Å². The molecule has 0 heterocycles. The van der Waals surface area contributed by atoms with Crippen LogP contribution >= 0.6 is 11.8 Å². The van der Waals surface area contributed by atoms with Gasteiger partial charge in [-0.3, -0.25) is 0 Å². The first-order chi connectivity index (χ1) is 7.17. The zero-order valence-electron chi connectivity index (χ0n) is 9.62. The van der Waals surface area contributed by atoms with Crippen LogP contribution in [0.15, 0.2) is 23.1 Å². The van der Waals surface area contributed by atoms with Crippen LogP contribution < -0.4 is 10.5 Å². The molecule has 3 heteroatoms. The smallest absolute Gasteiger partial charge is 0.121 e. The average Bonchev–Trinajstić information content (AvgIpc) is 2.26. The van der Waals surface area contributed by atoms with Crippen LogP contribution in [0.3, 0.4) is 0 Å². The summed E-state index contributed by atoms with van der Waals surface area (Å²) in [5.74, 6) is 2.59. The molecule has 0 saturated heterocycles. The number of thioether (sulfide) groups is 1. The number of rotatable bonds is 5. The second-order valence-electron chi connectivity index (χ2n) is 3.78. The lowest BCUT2D eigenvalue weighted by atomic mass is 10.2. The summed E-state index contributed by atoms with van der Waals surface area (Å²) in [6.45, 7) is 4.99. The van der Waals surface area contributed by atoms with E-state index in [1.807, 2.05) is 17.8 Å². The molecule has 0 spiro atoms. The molecule has 2 nitrogen and oxygen atoms in total. The van der Waals surface area contributed by atoms with Crippen molar-refractivity contribution >= 4 is 11.8 Å². The van der Waals surface area contributed by atoms with Gasteiger partial charge in [-0.15, -0.1) is 11.8 Å². The zero-order valence-corrected chi connectivity index (χ0v) is 10.4. The number of ether oxygens (including phenoxy) is 1. The average molecular weight is 225 g/mol. The van der Waals surface area contributed by atoms with Gasteiger partial charge in [-0.1, -0.05) is 6.92 Å². The Kier molecular flexibility index (Phi) is 4.99. The maximum atomic E-state index is 5.58. The highest BCUT2D eigenvalue weighted by Crippen LogP contribution is 2.26. The summed E-state index contributed by atoms with van der Waals surface area (Å²) in [7, 11) is 1.70. The second kappa shape index (κ2) is 6.03. The van der Waals surface area contributed by atoms with Gasteiger partial charge in [0.15, 0.2) is 0 Å². The molecule has 1 rings (SSSR count). The number of methoxy groups -OCH3 is 1. The fourth-order valence-corrected chi connectivity index (χ4v) is 2.28. The van der Waals surface area contributed by atoms with Crippen LogP contribution in [0.25, 0.3) is 0 Å². The fourth-order valence-electron chi connectivity index (χ4n) is 1.25. The SMILES string of the molecule is COc1ccc(SCC(C)CN)cc1C. The minimum absolute atomic E-state index is 0.567. The fraction of sp³-hybridized carbons (Fsp3) is 0.500. The van der Waals surface area contributed by atoms with Crippen LogP contribution in [-0.2, 0) is 0 Å². The van der Waals surface area contributed by atoms with Crippen LogP contribution in [0.5, 0.6) is 5.75 Å². The van der Waals surface area contributed by atoms with Crippen molar-refractivity contribution < 1.29 is 4.74 Å². The summed E-state index contributed by atoms with van der Waals surface area (Å²) in [5.41, 5.74) is 6.76. The van der Waals surface area contributed by atoms with E-state index in [2.05, 4.69) is 26.0 Å². The topological polar surface area (TPSA) is 35.2 Å². The van der Waals surface area contributed by atoms with E-state index in [1.54, 1.807) is 7.11 Å². The summed E-state index contributed by atoms with van der Waals surface area (Å²) in [4.78, 5) is 1.29. The Balaban J connectivity index is 2.59. The van der Waals surface area contributed by atoms with Crippen LogP contribution in [-0.4, -0.2) is 19.4 Å². The number of nitrogens with two attached hydrogens (primary N) is 1. The van der Waals surface area contributed by atoms with Crippen molar-refractivity contribution in [3.63, 3.8) is 0 Å². The third-order valence-electron chi connectivity index (χ3n) is 2.30. The summed E-state index contributed by atoms with van der Waals surface area (Å²) in [5, 5.41) is 0. The van der Waals surface area contributed by atoms with Crippen molar-refractivity contribution in [3.05, 3.63) is 23.8 Å². The van der Waals surface area contributed by atoms with Crippen LogP contribution in [0.4, 0.5) is 0 Å². The van der Waals surface area contributed by atoms with E-state index < -0.39 is 0 Å². The Morgan fingerprint density at radius 2 is 2.20 bits per heavy atom. The third kappa shape index (κ3) is 3.76. The molecule has 84 valence electrons. The predicted molar refractivity (Wildman–Crippen MR) is 66.7 cm³/mol. The molecule has 15 heavy (non-hydrogen) atoms. The van der Waals surface area contributed by atoms with Gasteiger partial charge in [0, 0.05) is 10.6 Å². The molecule has 1 aromatic rings. The maximum Gasteiger partial charge on any atom is 0.121 e. The molecule has 0 bridgehead atoms. The quantitative estimate of drug-likeness (QED) is 0.783. The largest absolute Gasteiger partial charge is 0.496 e. The van der Waals surface area contributed by atoms with E-state index in [-0.39, 0.29) is 0 Å². The zero-order chi connectivity index (χ0) is 11.3. The van der Waals surface area contributed by atoms with Gasteiger partial charge in [0.25, 0.3) is 0 Å². The molecular formula is C12H19NOS. The highest BCUT2D eigenvalue weighted by Gasteiger charge is 2.03. The van der Waals surface area contributed by atoms with Crippen molar-refractivity contribution in [2.24, 2.45) is 11.7 Å². The van der Waals surface area contributed by atoms with E-state index in [4.69, 9.17) is 10.5 Å². The molecule has 1 atom stereocenters. The Labute approximate surface area is 96.2 Å². The Hall–Kier alpha value is -0.670. The second-order valence-corrected chi connectivity index (χ2v) is 4.88. The molecule has 1 unspecified atom stereocenters. The molecule has 0 aliphatic rings. The molecule has 0 amide bonds.